The summed E-state index contributed by atoms with van der Waals surface area (Å²) in [7, 11) is 0. The maximum absolute atomic E-state index is 1.65. The summed E-state index contributed by atoms with van der Waals surface area (Å²) in [5, 5.41) is 0. The van der Waals surface area contributed by atoms with Gasteiger partial charge in [-0.1, -0.05) is 154 Å². The minimum Gasteiger partial charge on any atom is -0.0533 e. The Morgan fingerprint density at radius 3 is 1.05 bits per heavy atom. The molecule has 0 nitrogen and oxygen atoms in total. The summed E-state index contributed by atoms with van der Waals surface area (Å²) in [6, 6.07) is 0. The van der Waals surface area contributed by atoms with Crippen LogP contribution in [0.3, 0.4) is 0 Å². The zero-order chi connectivity index (χ0) is 29.6. The number of fused-ring (bicyclic) bond motifs is 3. The van der Waals surface area contributed by atoms with Gasteiger partial charge >= 0.3 is 0 Å². The first-order valence-corrected chi connectivity index (χ1v) is 21.8. The third kappa shape index (κ3) is 8.53. The normalized spacial score (nSPS) is 42.8. The first-order valence-electron chi connectivity index (χ1n) is 21.8. The zero-order valence-electron chi connectivity index (χ0n) is 29.6. The van der Waals surface area contributed by atoms with Crippen LogP contribution in [0, 0.1) is 71.0 Å². The fourth-order valence-electron chi connectivity index (χ4n) is 14.1. The molecule has 7 aliphatic carbocycles. The molecule has 10 unspecified atom stereocenters. The highest BCUT2D eigenvalue weighted by molar-refractivity contribution is 4.95. The molecular weight excluding hydrogens is 528 g/mol. The molecule has 7 rings (SSSR count). The van der Waals surface area contributed by atoms with Crippen molar-refractivity contribution in [3.05, 3.63) is 0 Å². The second-order valence-electron chi connectivity index (χ2n) is 19.0. The lowest BCUT2D eigenvalue weighted by Crippen LogP contribution is -2.41. The Labute approximate surface area is 275 Å². The van der Waals surface area contributed by atoms with Gasteiger partial charge in [0.2, 0.25) is 0 Å². The maximum atomic E-state index is 1.65. The predicted molar refractivity (Wildman–Crippen MR) is 190 cm³/mol. The lowest BCUT2D eigenvalue weighted by molar-refractivity contribution is -0.00843. The van der Waals surface area contributed by atoms with E-state index in [0.717, 1.165) is 71.0 Å². The maximum Gasteiger partial charge on any atom is -0.0352 e. The van der Waals surface area contributed by atoms with Gasteiger partial charge < -0.3 is 0 Å². The Balaban J connectivity index is 0.831. The Morgan fingerprint density at radius 2 is 0.614 bits per heavy atom. The van der Waals surface area contributed by atoms with E-state index in [2.05, 4.69) is 0 Å². The Bertz CT molecular complexity index is 748. The molecule has 0 N–H and O–H groups in total. The van der Waals surface area contributed by atoms with Crippen LogP contribution in [0.25, 0.3) is 0 Å². The molecule has 252 valence electrons. The molecule has 0 heteroatoms. The number of hydrogen-bond acceptors (Lipinski definition) is 0. The number of hydrogen-bond donors (Lipinski definition) is 0. The van der Waals surface area contributed by atoms with Crippen molar-refractivity contribution in [2.24, 2.45) is 71.0 Å². The van der Waals surface area contributed by atoms with Gasteiger partial charge in [-0.2, -0.15) is 0 Å². The monoisotopic (exact) mass is 605 g/mol. The fraction of sp³-hybridized carbons (Fsp3) is 1.00. The third-order valence-electron chi connectivity index (χ3n) is 16.5. The SMILES string of the molecule is C1CCC(C2CCCC(CCCC3CCC4CCC5CCC(CCCC6CCCC(C7CCCCC7)C6)CC5C4C3)C2)CC1. The zero-order valence-corrected chi connectivity index (χ0v) is 29.6. The second kappa shape index (κ2) is 16.4. The van der Waals surface area contributed by atoms with E-state index in [9.17, 15) is 0 Å². The first-order chi connectivity index (χ1) is 21.8. The smallest absolute Gasteiger partial charge is 0.0352 e. The van der Waals surface area contributed by atoms with E-state index in [0.29, 0.717) is 0 Å². The molecule has 10 atom stereocenters. The summed E-state index contributed by atoms with van der Waals surface area (Å²) in [4.78, 5) is 0. The first kappa shape index (κ1) is 32.5. The lowest BCUT2D eigenvalue weighted by atomic mass is 9.54. The van der Waals surface area contributed by atoms with Crippen molar-refractivity contribution in [2.75, 3.05) is 0 Å². The van der Waals surface area contributed by atoms with E-state index >= 15 is 0 Å². The molecule has 7 saturated carbocycles. The molecule has 0 saturated heterocycles. The largest absolute Gasteiger partial charge is 0.0533 e. The topological polar surface area (TPSA) is 0 Å². The van der Waals surface area contributed by atoms with Gasteiger partial charge in [0.1, 0.15) is 0 Å². The Hall–Kier alpha value is 0. The Morgan fingerprint density at radius 1 is 0.250 bits per heavy atom. The van der Waals surface area contributed by atoms with Crippen LogP contribution in [0.1, 0.15) is 205 Å². The fourth-order valence-corrected chi connectivity index (χ4v) is 14.1. The van der Waals surface area contributed by atoms with Crippen LogP contribution in [-0.2, 0) is 0 Å². The summed E-state index contributed by atoms with van der Waals surface area (Å²) < 4.78 is 0. The molecule has 0 aromatic heterocycles. The van der Waals surface area contributed by atoms with Gasteiger partial charge in [-0.15, -0.1) is 0 Å². The van der Waals surface area contributed by atoms with Crippen LogP contribution in [-0.4, -0.2) is 0 Å². The molecule has 0 aromatic rings. The van der Waals surface area contributed by atoms with Gasteiger partial charge in [0.25, 0.3) is 0 Å². The van der Waals surface area contributed by atoms with E-state index in [4.69, 9.17) is 0 Å². The predicted octanol–water partition coefficient (Wildman–Crippen LogP) is 14.0. The van der Waals surface area contributed by atoms with Gasteiger partial charge in [0.05, 0.1) is 0 Å². The molecule has 0 bridgehead atoms. The highest BCUT2D eigenvalue weighted by Crippen LogP contribution is 2.55. The van der Waals surface area contributed by atoms with E-state index in [1.165, 1.54) is 12.8 Å². The van der Waals surface area contributed by atoms with Crippen LogP contribution in [0.15, 0.2) is 0 Å². The third-order valence-corrected chi connectivity index (χ3v) is 16.5. The molecule has 44 heavy (non-hydrogen) atoms. The Kier molecular flexibility index (Phi) is 12.1. The van der Waals surface area contributed by atoms with Crippen molar-refractivity contribution in [1.29, 1.82) is 0 Å². The molecular formula is C44H76. The van der Waals surface area contributed by atoms with Crippen LogP contribution in [0.5, 0.6) is 0 Å². The van der Waals surface area contributed by atoms with Crippen molar-refractivity contribution < 1.29 is 0 Å². The summed E-state index contributed by atoms with van der Waals surface area (Å²) in [5.74, 6) is 13.4. The standard InChI is InChI=1S/C44H76/c1-3-17-37(18-4-1)41-21-9-15-33(29-41)11-7-13-35-23-25-39-27-28-40-26-24-36(32-44(40)43(39)31-35)14-8-12-34-16-10-22-42(30-34)38-19-5-2-6-20-38/h33-44H,1-32H2. The van der Waals surface area contributed by atoms with Crippen LogP contribution in [0.4, 0.5) is 0 Å². The van der Waals surface area contributed by atoms with E-state index in [1.54, 1.807) is 193 Å². The molecule has 0 amide bonds. The van der Waals surface area contributed by atoms with Crippen molar-refractivity contribution in [1.82, 2.24) is 0 Å². The van der Waals surface area contributed by atoms with Crippen molar-refractivity contribution >= 4 is 0 Å². The summed E-state index contributed by atoms with van der Waals surface area (Å²) >= 11 is 0. The molecule has 0 spiro atoms. The second-order valence-corrected chi connectivity index (χ2v) is 19.0. The number of rotatable bonds is 10. The minimum atomic E-state index is 1.09. The highest BCUT2D eigenvalue weighted by atomic mass is 14.5. The molecule has 0 aliphatic heterocycles. The van der Waals surface area contributed by atoms with Crippen molar-refractivity contribution in [3.63, 3.8) is 0 Å². The van der Waals surface area contributed by atoms with Crippen molar-refractivity contribution in [3.8, 4) is 0 Å². The molecule has 7 aliphatic rings. The summed E-state index contributed by atoms with van der Waals surface area (Å²) in [6.45, 7) is 0. The molecule has 0 radical (unpaired) electrons. The van der Waals surface area contributed by atoms with E-state index in [1.807, 2.05) is 0 Å². The van der Waals surface area contributed by atoms with Crippen LogP contribution >= 0.6 is 0 Å². The van der Waals surface area contributed by atoms with Crippen LogP contribution in [0.2, 0.25) is 0 Å². The van der Waals surface area contributed by atoms with Crippen LogP contribution < -0.4 is 0 Å². The highest BCUT2D eigenvalue weighted by Gasteiger charge is 2.44. The van der Waals surface area contributed by atoms with Gasteiger partial charge in [-0.3, -0.25) is 0 Å². The summed E-state index contributed by atoms with van der Waals surface area (Å²) in [6.07, 6.45) is 50.6. The van der Waals surface area contributed by atoms with Gasteiger partial charge in [-0.25, -0.2) is 0 Å². The minimum absolute atomic E-state index is 1.09. The quantitative estimate of drug-likeness (QED) is 0.233. The van der Waals surface area contributed by atoms with Crippen molar-refractivity contribution in [2.45, 2.75) is 205 Å². The van der Waals surface area contributed by atoms with Gasteiger partial charge in [0, 0.05) is 0 Å². The molecule has 0 aromatic carbocycles. The van der Waals surface area contributed by atoms with E-state index in [-0.39, 0.29) is 0 Å². The average molecular weight is 605 g/mol. The van der Waals surface area contributed by atoms with Gasteiger partial charge in [-0.05, 0) is 122 Å². The van der Waals surface area contributed by atoms with E-state index < -0.39 is 0 Å². The average Bonchev–Trinajstić information content (AvgIpc) is 3.09. The molecule has 7 fully saturated rings. The summed E-state index contributed by atoms with van der Waals surface area (Å²) in [5.41, 5.74) is 0. The molecule has 0 heterocycles. The van der Waals surface area contributed by atoms with Gasteiger partial charge in [0.15, 0.2) is 0 Å². The lowest BCUT2D eigenvalue weighted by Gasteiger charge is -2.51.